The first-order chi connectivity index (χ1) is 22.5. The Morgan fingerprint density at radius 3 is 2.60 bits per heavy atom. The smallest absolute Gasteiger partial charge is 0.252 e. The first-order valence-corrected chi connectivity index (χ1v) is 20.2. The zero-order valence-corrected chi connectivity index (χ0v) is 29.8. The molecule has 1 aromatic carbocycles. The zero-order valence-electron chi connectivity index (χ0n) is 28.2. The number of hydrogen-bond acceptors (Lipinski definition) is 7. The normalized spacial score (nSPS) is 31.1. The Bertz CT molecular complexity index is 1520. The second-order valence-corrected chi connectivity index (χ2v) is 18.1. The van der Waals surface area contributed by atoms with Crippen molar-refractivity contribution in [2.75, 3.05) is 19.7 Å². The van der Waals surface area contributed by atoms with Gasteiger partial charge in [0.25, 0.3) is 10.0 Å². The summed E-state index contributed by atoms with van der Waals surface area (Å²) in [6, 6.07) is 9.58. The Balaban J connectivity index is 1.42. The Morgan fingerprint density at radius 2 is 1.87 bits per heavy atom. The third kappa shape index (κ3) is 7.36. The van der Waals surface area contributed by atoms with Crippen LogP contribution in [0.5, 0.6) is 0 Å². The summed E-state index contributed by atoms with van der Waals surface area (Å²) in [4.78, 5) is 14.3. The molecule has 5 aliphatic rings. The highest BCUT2D eigenvalue weighted by molar-refractivity contribution is 7.91. The van der Waals surface area contributed by atoms with E-state index in [9.17, 15) is 23.4 Å². The fourth-order valence-electron chi connectivity index (χ4n) is 8.89. The number of aliphatic hydroxyl groups excluding tert-OH is 1. The largest absolute Gasteiger partial charge is 0.393 e. The molecule has 1 aliphatic heterocycles. The van der Waals surface area contributed by atoms with E-state index in [-0.39, 0.29) is 41.0 Å². The molecule has 0 amide bonds. The fraction of sp³-hybridized carbons (Fsp3) is 0.658. The van der Waals surface area contributed by atoms with Gasteiger partial charge in [-0.1, -0.05) is 56.0 Å². The van der Waals surface area contributed by atoms with Crippen molar-refractivity contribution in [3.8, 4) is 0 Å². The minimum Gasteiger partial charge on any atom is -0.393 e. The molecule has 7 nitrogen and oxygen atoms in total. The van der Waals surface area contributed by atoms with Gasteiger partial charge in [-0.15, -0.1) is 11.3 Å². The topological polar surface area (TPSA) is 104 Å². The van der Waals surface area contributed by atoms with E-state index < -0.39 is 27.1 Å². The fourth-order valence-corrected chi connectivity index (χ4v) is 11.6. The summed E-state index contributed by atoms with van der Waals surface area (Å²) in [6.45, 7) is 5.06. The van der Waals surface area contributed by atoms with E-state index in [4.69, 9.17) is 4.74 Å². The summed E-state index contributed by atoms with van der Waals surface area (Å²) in [7, 11) is -3.86. The first-order valence-electron chi connectivity index (χ1n) is 17.9. The van der Waals surface area contributed by atoms with Crippen LogP contribution in [0.4, 0.5) is 0 Å². The van der Waals surface area contributed by atoms with Crippen molar-refractivity contribution in [3.63, 3.8) is 0 Å². The number of benzene rings is 1. The molecule has 2 saturated carbocycles. The molecule has 3 fully saturated rings. The van der Waals surface area contributed by atoms with Crippen molar-refractivity contribution >= 4 is 27.1 Å². The summed E-state index contributed by atoms with van der Waals surface area (Å²) in [5.74, 6) is 0.0631. The van der Waals surface area contributed by atoms with Crippen LogP contribution in [0.15, 0.2) is 51.6 Å². The molecule has 47 heavy (non-hydrogen) atoms. The van der Waals surface area contributed by atoms with E-state index >= 15 is 0 Å². The van der Waals surface area contributed by atoms with Crippen LogP contribution in [0.1, 0.15) is 125 Å². The van der Waals surface area contributed by atoms with Gasteiger partial charge in [0, 0.05) is 36.6 Å². The molecule has 2 heterocycles. The lowest BCUT2D eigenvalue weighted by molar-refractivity contribution is -0.0754. The highest BCUT2D eigenvalue weighted by Gasteiger charge is 2.58. The summed E-state index contributed by atoms with van der Waals surface area (Å²) >= 11 is 1.20. The Labute approximate surface area is 285 Å². The van der Waals surface area contributed by atoms with Crippen LogP contribution >= 0.6 is 11.3 Å². The second kappa shape index (κ2) is 14.5. The molecule has 0 radical (unpaired) electrons. The minimum atomic E-state index is -3.86. The van der Waals surface area contributed by atoms with Crippen molar-refractivity contribution in [1.82, 2.24) is 4.31 Å². The molecule has 0 spiro atoms. The monoisotopic (exact) mass is 683 g/mol. The molecule has 258 valence electrons. The van der Waals surface area contributed by atoms with Gasteiger partial charge in [-0.05, 0) is 112 Å². The molecule has 1 aromatic heterocycles. The summed E-state index contributed by atoms with van der Waals surface area (Å²) in [6.07, 6.45) is 12.8. The first kappa shape index (κ1) is 35.0. The predicted octanol–water partition coefficient (Wildman–Crippen LogP) is 7.42. The Kier molecular flexibility index (Phi) is 10.8. The molecular formula is C38H53NO6S2. The molecule has 5 unspecified atom stereocenters. The number of hydrogen-bond donors (Lipinski definition) is 2. The standard InChI is InChI=1S/C38H53NO6S2/c1-27-9-6-19-37(2)34(32-17-15-28(23-30(40)16-14-27)24-33(32)36(41)29-10-4-3-5-11-29)18-20-38(37,42)26-39(25-31-12-7-21-45-31)47(43,44)35-13-8-22-46-35/h8-9,13,15,17,22,24,29-31,34,40,42H,3-7,10-12,14,16,18-21,23,25-26H2,1-2H3. The Hall–Kier alpha value is -1.88. The maximum Gasteiger partial charge on any atom is 0.252 e. The lowest BCUT2D eigenvalue weighted by Gasteiger charge is -2.46. The maximum absolute atomic E-state index is 14.3. The van der Waals surface area contributed by atoms with Gasteiger partial charge in [0.05, 0.1) is 17.8 Å². The van der Waals surface area contributed by atoms with E-state index in [1.54, 1.807) is 17.5 Å². The molecule has 2 bridgehead atoms. The van der Waals surface area contributed by atoms with Crippen LogP contribution in [0.25, 0.3) is 0 Å². The summed E-state index contributed by atoms with van der Waals surface area (Å²) in [5.41, 5.74) is 1.88. The van der Waals surface area contributed by atoms with Crippen LogP contribution < -0.4 is 0 Å². The number of nitrogens with zero attached hydrogens (tertiary/aromatic N) is 1. The van der Waals surface area contributed by atoms with E-state index in [0.29, 0.717) is 38.7 Å². The summed E-state index contributed by atoms with van der Waals surface area (Å²) < 4.78 is 36.0. The van der Waals surface area contributed by atoms with Crippen molar-refractivity contribution in [2.24, 2.45) is 11.3 Å². The number of Topliss-reactive ketones (excluding diaryl/α,β-unsaturated/α-hetero) is 1. The van der Waals surface area contributed by atoms with Crippen LogP contribution in [-0.4, -0.2) is 66.2 Å². The number of ketones is 1. The van der Waals surface area contributed by atoms with Gasteiger partial charge in [0.2, 0.25) is 0 Å². The number of sulfonamides is 1. The van der Waals surface area contributed by atoms with Gasteiger partial charge >= 0.3 is 0 Å². The number of ether oxygens (including phenoxy) is 1. The van der Waals surface area contributed by atoms with E-state index in [2.05, 4.69) is 32.1 Å². The van der Waals surface area contributed by atoms with Gasteiger partial charge < -0.3 is 14.9 Å². The van der Waals surface area contributed by atoms with Crippen molar-refractivity contribution < 1.29 is 28.2 Å². The van der Waals surface area contributed by atoms with Gasteiger partial charge in [0.1, 0.15) is 4.21 Å². The molecule has 4 aliphatic carbocycles. The number of thiophene rings is 1. The van der Waals surface area contributed by atoms with E-state index in [0.717, 1.165) is 68.1 Å². The van der Waals surface area contributed by atoms with E-state index in [1.807, 2.05) is 6.07 Å². The second-order valence-electron chi connectivity index (χ2n) is 15.0. The average molecular weight is 684 g/mol. The van der Waals surface area contributed by atoms with Crippen LogP contribution in [0.2, 0.25) is 0 Å². The lowest BCUT2D eigenvalue weighted by Crippen LogP contribution is -2.54. The molecule has 5 atom stereocenters. The van der Waals surface area contributed by atoms with Crippen LogP contribution in [0, 0.1) is 11.3 Å². The third-order valence-corrected chi connectivity index (χ3v) is 15.1. The number of fused-ring (bicyclic) bond motifs is 8. The number of allylic oxidation sites excluding steroid dienone is 2. The molecule has 2 N–H and O–H groups in total. The Morgan fingerprint density at radius 1 is 1.06 bits per heavy atom. The van der Waals surface area contributed by atoms with Crippen molar-refractivity contribution in [2.45, 2.75) is 132 Å². The number of aliphatic hydroxyl groups is 2. The van der Waals surface area contributed by atoms with E-state index in [1.165, 1.54) is 27.6 Å². The molecule has 7 rings (SSSR count). The van der Waals surface area contributed by atoms with Gasteiger partial charge in [0.15, 0.2) is 5.78 Å². The van der Waals surface area contributed by atoms with Gasteiger partial charge in [-0.2, -0.15) is 4.31 Å². The summed E-state index contributed by atoms with van der Waals surface area (Å²) in [5, 5.41) is 25.6. The maximum atomic E-state index is 14.3. The van der Waals surface area contributed by atoms with Crippen LogP contribution in [0.3, 0.4) is 0 Å². The van der Waals surface area contributed by atoms with Gasteiger partial charge in [-0.25, -0.2) is 8.42 Å². The third-order valence-electron chi connectivity index (χ3n) is 11.9. The zero-order chi connectivity index (χ0) is 33.2. The molecule has 9 heteroatoms. The van der Waals surface area contributed by atoms with Gasteiger partial charge in [-0.3, -0.25) is 4.79 Å². The SMILES string of the molecule is CC1=CCCC2(C)C(CCC2(O)CN(CC2CCCO2)S(=O)(=O)c2cccs2)c2ccc(cc2C(=O)C2CCCCC2)CC(O)CC1. The number of rotatable bonds is 8. The molecule has 1 saturated heterocycles. The average Bonchev–Trinajstić information content (AvgIpc) is 3.83. The lowest BCUT2D eigenvalue weighted by atomic mass is 9.64. The highest BCUT2D eigenvalue weighted by atomic mass is 32.2. The number of carbonyl (C=O) groups is 1. The number of carbonyl (C=O) groups excluding carboxylic acids is 1. The predicted molar refractivity (Wildman–Crippen MR) is 186 cm³/mol. The molecular weight excluding hydrogens is 631 g/mol. The minimum absolute atomic E-state index is 0.00322. The van der Waals surface area contributed by atoms with Crippen LogP contribution in [-0.2, 0) is 21.2 Å². The highest BCUT2D eigenvalue weighted by Crippen LogP contribution is 2.59. The van der Waals surface area contributed by atoms with Crippen molar-refractivity contribution in [1.29, 1.82) is 0 Å². The van der Waals surface area contributed by atoms with Crippen molar-refractivity contribution in [3.05, 3.63) is 64.1 Å². The molecule has 2 aromatic rings. The quantitative estimate of drug-likeness (QED) is 0.222.